The minimum atomic E-state index is -0.416. The van der Waals surface area contributed by atoms with Crippen molar-refractivity contribution >= 4 is 17.5 Å². The van der Waals surface area contributed by atoms with Crippen molar-refractivity contribution in [3.63, 3.8) is 0 Å². The van der Waals surface area contributed by atoms with Crippen LogP contribution in [-0.2, 0) is 4.74 Å². The molecule has 1 aliphatic heterocycles. The minimum Gasteiger partial charge on any atom is -0.464 e. The molecule has 0 amide bonds. The van der Waals surface area contributed by atoms with Gasteiger partial charge in [0, 0.05) is 12.6 Å². The lowest BCUT2D eigenvalue weighted by atomic mass is 10.1. The monoisotopic (exact) mass is 247 g/mol. The van der Waals surface area contributed by atoms with Crippen molar-refractivity contribution in [3.8, 4) is 0 Å². The van der Waals surface area contributed by atoms with Crippen LogP contribution in [0.25, 0.3) is 0 Å². The number of ether oxygens (including phenoxy) is 1. The van der Waals surface area contributed by atoms with Crippen molar-refractivity contribution in [1.82, 2.24) is 4.98 Å². The molecule has 2 N–H and O–H groups in total. The van der Waals surface area contributed by atoms with E-state index in [4.69, 9.17) is 10.5 Å². The average molecular weight is 247 g/mol. The van der Waals surface area contributed by atoms with Crippen molar-refractivity contribution in [1.29, 1.82) is 0 Å². The summed E-state index contributed by atoms with van der Waals surface area (Å²) in [5, 5.41) is 0. The Kier molecular flexibility index (Phi) is 2.61. The predicted molar refractivity (Wildman–Crippen MR) is 68.5 cm³/mol. The summed E-state index contributed by atoms with van der Waals surface area (Å²) in [4.78, 5) is 18.1. The fourth-order valence-corrected chi connectivity index (χ4v) is 3.09. The first-order valence-electron chi connectivity index (χ1n) is 6.30. The summed E-state index contributed by atoms with van der Waals surface area (Å²) in [6.07, 6.45) is 3.73. The highest BCUT2D eigenvalue weighted by molar-refractivity contribution is 5.88. The Morgan fingerprint density at radius 1 is 1.50 bits per heavy atom. The van der Waals surface area contributed by atoms with Gasteiger partial charge in [-0.3, -0.25) is 0 Å². The largest absolute Gasteiger partial charge is 0.464 e. The number of carbonyl (C=O) groups excluding carboxylic acids is 1. The summed E-state index contributed by atoms with van der Waals surface area (Å²) in [5.74, 6) is 1.09. The molecule has 2 unspecified atom stereocenters. The van der Waals surface area contributed by atoms with E-state index in [1.54, 1.807) is 12.1 Å². The molecule has 96 valence electrons. The van der Waals surface area contributed by atoms with Gasteiger partial charge < -0.3 is 15.4 Å². The number of esters is 1. The summed E-state index contributed by atoms with van der Waals surface area (Å²) in [7, 11) is 1.36. The van der Waals surface area contributed by atoms with Gasteiger partial charge in [0.05, 0.1) is 12.8 Å². The van der Waals surface area contributed by atoms with Crippen LogP contribution in [0.2, 0.25) is 0 Å². The van der Waals surface area contributed by atoms with E-state index in [2.05, 4.69) is 9.88 Å². The van der Waals surface area contributed by atoms with Crippen LogP contribution in [-0.4, -0.2) is 30.6 Å². The van der Waals surface area contributed by atoms with E-state index in [0.29, 0.717) is 17.4 Å². The van der Waals surface area contributed by atoms with Gasteiger partial charge in [-0.1, -0.05) is 0 Å². The summed E-state index contributed by atoms with van der Waals surface area (Å²) < 4.78 is 4.69. The topological polar surface area (TPSA) is 68.5 Å². The zero-order valence-electron chi connectivity index (χ0n) is 10.4. The highest BCUT2D eigenvalue weighted by atomic mass is 16.5. The fraction of sp³-hybridized carbons (Fsp3) is 0.538. The molecule has 2 atom stereocenters. The van der Waals surface area contributed by atoms with E-state index in [9.17, 15) is 4.79 Å². The van der Waals surface area contributed by atoms with Gasteiger partial charge in [0.2, 0.25) is 0 Å². The molecule has 1 aliphatic carbocycles. The third-order valence-electron chi connectivity index (χ3n) is 3.98. The molecule has 1 aromatic rings. The van der Waals surface area contributed by atoms with Crippen molar-refractivity contribution < 1.29 is 9.53 Å². The van der Waals surface area contributed by atoms with E-state index < -0.39 is 5.97 Å². The van der Waals surface area contributed by atoms with Crippen LogP contribution in [0.5, 0.6) is 0 Å². The number of rotatable bonds is 2. The molecule has 5 nitrogen and oxygen atoms in total. The van der Waals surface area contributed by atoms with Gasteiger partial charge in [0.25, 0.3) is 0 Å². The van der Waals surface area contributed by atoms with Crippen molar-refractivity contribution in [2.24, 2.45) is 5.92 Å². The molecule has 1 saturated carbocycles. The van der Waals surface area contributed by atoms with Gasteiger partial charge in [-0.15, -0.1) is 0 Å². The van der Waals surface area contributed by atoms with Gasteiger partial charge in [0.1, 0.15) is 0 Å². The number of piperidine rings is 1. The minimum absolute atomic E-state index is 0.324. The molecule has 3 rings (SSSR count). The standard InChI is InChI=1S/C13H17N3O2/c1-18-13(17)11-5-4-10(14)12(15-11)16-7-8-2-3-9(16)6-8/h4-5,8-9H,2-3,6-7,14H2,1H3. The third-order valence-corrected chi connectivity index (χ3v) is 3.98. The molecule has 0 aromatic carbocycles. The van der Waals surface area contributed by atoms with Crippen LogP contribution in [0, 0.1) is 5.92 Å². The highest BCUT2D eigenvalue weighted by Gasteiger charge is 2.39. The number of pyridine rings is 1. The van der Waals surface area contributed by atoms with Crippen LogP contribution >= 0.6 is 0 Å². The third kappa shape index (κ3) is 1.70. The number of nitrogens with zero attached hydrogens (tertiary/aromatic N) is 2. The summed E-state index contributed by atoms with van der Waals surface area (Å²) in [5.41, 5.74) is 6.94. The second-order valence-electron chi connectivity index (χ2n) is 5.09. The first-order valence-corrected chi connectivity index (χ1v) is 6.30. The molecular weight excluding hydrogens is 230 g/mol. The lowest BCUT2D eigenvalue weighted by Gasteiger charge is -2.29. The van der Waals surface area contributed by atoms with Gasteiger partial charge in [-0.2, -0.15) is 0 Å². The highest BCUT2D eigenvalue weighted by Crippen LogP contribution is 2.41. The van der Waals surface area contributed by atoms with E-state index in [-0.39, 0.29) is 0 Å². The summed E-state index contributed by atoms with van der Waals surface area (Å²) >= 11 is 0. The van der Waals surface area contributed by atoms with Gasteiger partial charge in [-0.25, -0.2) is 9.78 Å². The molecule has 0 spiro atoms. The lowest BCUT2D eigenvalue weighted by Crippen LogP contribution is -2.33. The Hall–Kier alpha value is -1.78. The van der Waals surface area contributed by atoms with E-state index in [1.165, 1.54) is 26.4 Å². The number of hydrogen-bond donors (Lipinski definition) is 1. The Balaban J connectivity index is 1.93. The number of hydrogen-bond acceptors (Lipinski definition) is 5. The maximum atomic E-state index is 11.5. The van der Waals surface area contributed by atoms with Crippen LogP contribution in [0.3, 0.4) is 0 Å². The number of nitrogen functional groups attached to an aromatic ring is 1. The van der Waals surface area contributed by atoms with Crippen molar-refractivity contribution in [3.05, 3.63) is 17.8 Å². The van der Waals surface area contributed by atoms with Crippen LogP contribution in [0.4, 0.5) is 11.5 Å². The molecular formula is C13H17N3O2. The molecule has 1 saturated heterocycles. The summed E-state index contributed by atoms with van der Waals surface area (Å²) in [6, 6.07) is 3.89. The number of aromatic nitrogens is 1. The first-order chi connectivity index (χ1) is 8.69. The number of carbonyl (C=O) groups is 1. The number of anilines is 2. The molecule has 2 heterocycles. The first kappa shape index (κ1) is 11.3. The van der Waals surface area contributed by atoms with Crippen molar-refractivity contribution in [2.45, 2.75) is 25.3 Å². The molecule has 0 radical (unpaired) electrons. The Morgan fingerprint density at radius 2 is 2.33 bits per heavy atom. The molecule has 1 aromatic heterocycles. The number of fused-ring (bicyclic) bond motifs is 2. The van der Waals surface area contributed by atoms with Crippen LogP contribution in [0.1, 0.15) is 29.8 Å². The Labute approximate surface area is 106 Å². The molecule has 2 aliphatic rings. The Morgan fingerprint density at radius 3 is 2.94 bits per heavy atom. The van der Waals surface area contributed by atoms with Gasteiger partial charge in [-0.05, 0) is 37.3 Å². The average Bonchev–Trinajstić information content (AvgIpc) is 3.00. The van der Waals surface area contributed by atoms with Crippen molar-refractivity contribution in [2.75, 3.05) is 24.3 Å². The second kappa shape index (κ2) is 4.15. The quantitative estimate of drug-likeness (QED) is 0.801. The summed E-state index contributed by atoms with van der Waals surface area (Å²) in [6.45, 7) is 1.01. The Bertz CT molecular complexity index is 489. The molecule has 2 bridgehead atoms. The van der Waals surface area contributed by atoms with Gasteiger partial charge in [0.15, 0.2) is 11.5 Å². The maximum Gasteiger partial charge on any atom is 0.356 e. The maximum absolute atomic E-state index is 11.5. The van der Waals surface area contributed by atoms with E-state index in [0.717, 1.165) is 18.3 Å². The molecule has 5 heteroatoms. The van der Waals surface area contributed by atoms with E-state index in [1.807, 2.05) is 0 Å². The normalized spacial score (nSPS) is 25.5. The number of methoxy groups -OCH3 is 1. The SMILES string of the molecule is COC(=O)c1ccc(N)c(N2CC3CCC2C3)n1. The number of nitrogens with two attached hydrogens (primary N) is 1. The van der Waals surface area contributed by atoms with Gasteiger partial charge >= 0.3 is 5.97 Å². The predicted octanol–water partition coefficient (Wildman–Crippen LogP) is 1.44. The van der Waals surface area contributed by atoms with E-state index >= 15 is 0 Å². The van der Waals surface area contributed by atoms with Crippen LogP contribution in [0.15, 0.2) is 12.1 Å². The zero-order valence-corrected chi connectivity index (χ0v) is 10.4. The lowest BCUT2D eigenvalue weighted by molar-refractivity contribution is 0.0594. The zero-order chi connectivity index (χ0) is 12.7. The second-order valence-corrected chi connectivity index (χ2v) is 5.09. The molecule has 2 fully saturated rings. The molecule has 18 heavy (non-hydrogen) atoms. The fourth-order valence-electron chi connectivity index (χ4n) is 3.09. The van der Waals surface area contributed by atoms with Crippen LogP contribution < -0.4 is 10.6 Å². The smallest absolute Gasteiger partial charge is 0.356 e.